The van der Waals surface area contributed by atoms with Crippen molar-refractivity contribution in [1.82, 2.24) is 9.88 Å². The molecule has 1 amide bonds. The smallest absolute Gasteiger partial charge is 0.407 e. The van der Waals surface area contributed by atoms with Gasteiger partial charge in [-0.3, -0.25) is 4.79 Å². The van der Waals surface area contributed by atoms with Gasteiger partial charge in [0.1, 0.15) is 12.4 Å². The van der Waals surface area contributed by atoms with E-state index in [4.69, 9.17) is 4.74 Å². The minimum absolute atomic E-state index is 0.0694. The standard InChI is InChI=1S/C22H19F2N3O4/c23-16-8-14-15(9-17(16)24)21(26-18-11-31-12-19(28)20(14)18)25-6-7-27(22(29)30)10-13-4-2-1-3-5-13/h1-5,8-9H,6-7,10-12H2,(H,25,26)(H,29,30). The second-order valence-electron chi connectivity index (χ2n) is 7.13. The number of pyridine rings is 1. The molecule has 0 aliphatic carbocycles. The highest BCUT2D eigenvalue weighted by Crippen LogP contribution is 2.31. The van der Waals surface area contributed by atoms with E-state index < -0.39 is 17.7 Å². The number of benzene rings is 2. The van der Waals surface area contributed by atoms with Crippen molar-refractivity contribution in [1.29, 1.82) is 0 Å². The van der Waals surface area contributed by atoms with Crippen LogP contribution in [0.5, 0.6) is 0 Å². The van der Waals surface area contributed by atoms with Crippen LogP contribution in [-0.4, -0.2) is 46.6 Å². The molecular formula is C22H19F2N3O4. The minimum Gasteiger partial charge on any atom is -0.465 e. The maximum atomic E-state index is 13.9. The molecule has 2 N–H and O–H groups in total. The minimum atomic E-state index is -1.08. The number of hydrogen-bond donors (Lipinski definition) is 2. The van der Waals surface area contributed by atoms with E-state index in [0.29, 0.717) is 5.69 Å². The number of nitrogens with zero attached hydrogens (tertiary/aromatic N) is 2. The van der Waals surface area contributed by atoms with Gasteiger partial charge in [-0.25, -0.2) is 18.6 Å². The Morgan fingerprint density at radius 2 is 1.84 bits per heavy atom. The molecule has 2 aromatic carbocycles. The van der Waals surface area contributed by atoms with Gasteiger partial charge in [0.15, 0.2) is 17.4 Å². The Morgan fingerprint density at radius 3 is 2.55 bits per heavy atom. The lowest BCUT2D eigenvalue weighted by Gasteiger charge is -2.22. The van der Waals surface area contributed by atoms with Crippen LogP contribution in [0, 0.1) is 11.6 Å². The van der Waals surface area contributed by atoms with Gasteiger partial charge in [-0.2, -0.15) is 0 Å². The number of rotatable bonds is 6. The number of carbonyl (C=O) groups is 2. The molecule has 3 aromatic rings. The zero-order valence-corrected chi connectivity index (χ0v) is 16.4. The fourth-order valence-corrected chi connectivity index (χ4v) is 3.57. The molecule has 1 aromatic heterocycles. The van der Waals surface area contributed by atoms with Gasteiger partial charge in [0.2, 0.25) is 0 Å². The summed E-state index contributed by atoms with van der Waals surface area (Å²) in [5.74, 6) is -2.24. The van der Waals surface area contributed by atoms with Crippen LogP contribution in [0.25, 0.3) is 10.8 Å². The number of hydrogen-bond acceptors (Lipinski definition) is 5. The zero-order valence-electron chi connectivity index (χ0n) is 16.4. The number of halogens is 2. The van der Waals surface area contributed by atoms with Gasteiger partial charge in [-0.05, 0) is 17.7 Å². The third-order valence-corrected chi connectivity index (χ3v) is 5.03. The first-order valence-corrected chi connectivity index (χ1v) is 9.62. The van der Waals surface area contributed by atoms with E-state index in [2.05, 4.69) is 10.3 Å². The lowest BCUT2D eigenvalue weighted by Crippen LogP contribution is -2.33. The van der Waals surface area contributed by atoms with Gasteiger partial charge in [0, 0.05) is 30.4 Å². The second-order valence-corrected chi connectivity index (χ2v) is 7.13. The Bertz CT molecular complexity index is 1150. The van der Waals surface area contributed by atoms with Crippen molar-refractivity contribution in [2.45, 2.75) is 13.2 Å². The number of anilines is 1. The molecule has 4 rings (SSSR count). The summed E-state index contributed by atoms with van der Waals surface area (Å²) in [5, 5.41) is 13.0. The highest BCUT2D eigenvalue weighted by Gasteiger charge is 2.25. The molecule has 0 fully saturated rings. The van der Waals surface area contributed by atoms with Crippen molar-refractivity contribution in [2.24, 2.45) is 0 Å². The molecule has 7 nitrogen and oxygen atoms in total. The number of fused-ring (bicyclic) bond motifs is 3. The highest BCUT2D eigenvalue weighted by molar-refractivity contribution is 6.12. The quantitative estimate of drug-likeness (QED) is 0.622. The van der Waals surface area contributed by atoms with Gasteiger partial charge in [0.05, 0.1) is 17.9 Å². The predicted octanol–water partition coefficient (Wildman–Crippen LogP) is 3.82. The number of aromatic nitrogens is 1. The number of amides is 1. The van der Waals surface area contributed by atoms with E-state index in [9.17, 15) is 23.5 Å². The van der Waals surface area contributed by atoms with Gasteiger partial charge in [0.25, 0.3) is 0 Å². The third kappa shape index (κ3) is 4.31. The molecule has 2 heterocycles. The van der Waals surface area contributed by atoms with Crippen LogP contribution in [0.15, 0.2) is 42.5 Å². The summed E-state index contributed by atoms with van der Waals surface area (Å²) in [7, 11) is 0. The van der Waals surface area contributed by atoms with Crippen LogP contribution in [0.4, 0.5) is 19.4 Å². The molecule has 0 saturated heterocycles. The molecular weight excluding hydrogens is 408 g/mol. The molecule has 0 spiro atoms. The van der Waals surface area contributed by atoms with E-state index in [1.54, 1.807) is 0 Å². The average Bonchev–Trinajstić information content (AvgIpc) is 2.75. The van der Waals surface area contributed by atoms with E-state index in [-0.39, 0.29) is 60.8 Å². The summed E-state index contributed by atoms with van der Waals surface area (Å²) in [6.45, 7) is 0.429. The number of ketones is 1. The maximum absolute atomic E-state index is 13.9. The monoisotopic (exact) mass is 427 g/mol. The first-order chi connectivity index (χ1) is 14.9. The average molecular weight is 427 g/mol. The van der Waals surface area contributed by atoms with E-state index in [0.717, 1.165) is 17.7 Å². The number of nitrogens with one attached hydrogen (secondary N) is 1. The maximum Gasteiger partial charge on any atom is 0.407 e. The van der Waals surface area contributed by atoms with Crippen molar-refractivity contribution >= 4 is 28.5 Å². The molecule has 9 heteroatoms. The molecule has 1 aliphatic rings. The van der Waals surface area contributed by atoms with Crippen molar-refractivity contribution in [3.05, 3.63) is 70.9 Å². The van der Waals surface area contributed by atoms with Crippen molar-refractivity contribution in [2.75, 3.05) is 25.0 Å². The SMILES string of the molecule is O=C1COCc2nc(NCCN(Cc3ccccc3)C(=O)O)c3cc(F)c(F)cc3c21. The first-order valence-electron chi connectivity index (χ1n) is 9.62. The Morgan fingerprint density at radius 1 is 1.13 bits per heavy atom. The number of carbonyl (C=O) groups excluding carboxylic acids is 1. The number of carboxylic acid groups (broad SMARTS) is 1. The van der Waals surface area contributed by atoms with Crippen molar-refractivity contribution < 1.29 is 28.2 Å². The summed E-state index contributed by atoms with van der Waals surface area (Å²) in [4.78, 5) is 29.5. The molecule has 0 atom stereocenters. The van der Waals surface area contributed by atoms with E-state index >= 15 is 0 Å². The predicted molar refractivity (Wildman–Crippen MR) is 109 cm³/mol. The largest absolute Gasteiger partial charge is 0.465 e. The molecule has 160 valence electrons. The van der Waals surface area contributed by atoms with Crippen molar-refractivity contribution in [3.63, 3.8) is 0 Å². The number of ether oxygens (including phenoxy) is 1. The Balaban J connectivity index is 1.59. The van der Waals surface area contributed by atoms with Crippen LogP contribution in [0.1, 0.15) is 21.6 Å². The van der Waals surface area contributed by atoms with Gasteiger partial charge < -0.3 is 20.1 Å². The van der Waals surface area contributed by atoms with Crippen LogP contribution in [-0.2, 0) is 17.9 Å². The number of Topliss-reactive ketones (excluding diaryl/α,β-unsaturated/α-hetero) is 1. The topological polar surface area (TPSA) is 91.8 Å². The van der Waals surface area contributed by atoms with Crippen LogP contribution >= 0.6 is 0 Å². The Labute approximate surface area is 176 Å². The van der Waals surface area contributed by atoms with E-state index in [1.165, 1.54) is 4.90 Å². The van der Waals surface area contributed by atoms with Crippen LogP contribution in [0.2, 0.25) is 0 Å². The van der Waals surface area contributed by atoms with Crippen LogP contribution < -0.4 is 5.32 Å². The molecule has 1 aliphatic heterocycles. The van der Waals surface area contributed by atoms with Gasteiger partial charge >= 0.3 is 6.09 Å². The molecule has 0 bridgehead atoms. The second kappa shape index (κ2) is 8.65. The van der Waals surface area contributed by atoms with Gasteiger partial charge in [-0.15, -0.1) is 0 Å². The third-order valence-electron chi connectivity index (χ3n) is 5.03. The summed E-state index contributed by atoms with van der Waals surface area (Å²) < 4.78 is 33.0. The summed E-state index contributed by atoms with van der Waals surface area (Å²) in [6.07, 6.45) is -1.08. The van der Waals surface area contributed by atoms with E-state index in [1.807, 2.05) is 30.3 Å². The molecule has 0 unspecified atom stereocenters. The molecule has 31 heavy (non-hydrogen) atoms. The van der Waals surface area contributed by atoms with Gasteiger partial charge in [-0.1, -0.05) is 30.3 Å². The summed E-state index contributed by atoms with van der Waals surface area (Å²) in [6, 6.07) is 11.1. The fourth-order valence-electron chi connectivity index (χ4n) is 3.57. The summed E-state index contributed by atoms with van der Waals surface area (Å²) in [5.41, 5.74) is 1.40. The summed E-state index contributed by atoms with van der Waals surface area (Å²) >= 11 is 0. The normalized spacial score (nSPS) is 13.2. The first kappa shape index (κ1) is 20.7. The molecule has 0 radical (unpaired) electrons. The zero-order chi connectivity index (χ0) is 22.0. The lowest BCUT2D eigenvalue weighted by molar-refractivity contribution is 0.0658. The lowest BCUT2D eigenvalue weighted by atomic mass is 9.98. The Kier molecular flexibility index (Phi) is 5.77. The molecule has 0 saturated carbocycles. The van der Waals surface area contributed by atoms with Crippen molar-refractivity contribution in [3.8, 4) is 0 Å². The van der Waals surface area contributed by atoms with Crippen LogP contribution in [0.3, 0.4) is 0 Å². The fraction of sp³-hybridized carbons (Fsp3) is 0.227. The Hall–Kier alpha value is -3.59. The highest BCUT2D eigenvalue weighted by atomic mass is 19.2.